The summed E-state index contributed by atoms with van der Waals surface area (Å²) in [5.74, 6) is -1.56. The standard InChI is InChI=1S/C23H14N2O9S2/c24-14-9-15(36(32,33)34)20-18-16(12-6-1-2-7-13(12)22(27)17(14)18)19(23(28)25-20)21(26)10-4-3-5-11(8-10)35(29,30)31/h1-9H,24H2,(H,25,28)(H,29,30,31)(H,32,33,34). The molecule has 1 aromatic heterocycles. The van der Waals surface area contributed by atoms with Crippen LogP contribution in [-0.4, -0.2) is 42.5 Å². The van der Waals surface area contributed by atoms with Gasteiger partial charge in [0.1, 0.15) is 4.90 Å². The molecule has 0 atom stereocenters. The van der Waals surface area contributed by atoms with Gasteiger partial charge in [-0.15, -0.1) is 0 Å². The molecule has 0 aliphatic heterocycles. The van der Waals surface area contributed by atoms with Crippen LogP contribution in [0.4, 0.5) is 5.69 Å². The molecule has 0 spiro atoms. The van der Waals surface area contributed by atoms with Crippen LogP contribution in [0.5, 0.6) is 0 Å². The second-order valence-corrected chi connectivity index (χ2v) is 10.8. The summed E-state index contributed by atoms with van der Waals surface area (Å²) in [7, 11) is -9.60. The fraction of sp³-hybridized carbons (Fsp3) is 0. The monoisotopic (exact) mass is 526 g/mol. The Morgan fingerprint density at radius 1 is 0.833 bits per heavy atom. The number of H-pyrrole nitrogens is 1. The van der Waals surface area contributed by atoms with Crippen molar-refractivity contribution < 1.29 is 35.5 Å². The molecule has 36 heavy (non-hydrogen) atoms. The minimum absolute atomic E-state index is 0.0870. The summed E-state index contributed by atoms with van der Waals surface area (Å²) in [5, 5.41) is -0.166. The van der Waals surface area contributed by atoms with E-state index in [1.54, 1.807) is 6.07 Å². The Labute approximate surface area is 202 Å². The molecule has 182 valence electrons. The Morgan fingerprint density at radius 3 is 2.14 bits per heavy atom. The molecule has 5 N–H and O–H groups in total. The number of benzene rings is 3. The molecule has 0 saturated heterocycles. The molecule has 0 fully saturated rings. The van der Waals surface area contributed by atoms with E-state index in [1.165, 1.54) is 30.3 Å². The Kier molecular flexibility index (Phi) is 5.02. The Balaban J connectivity index is 1.98. The SMILES string of the molecule is Nc1cc(S(=O)(=O)O)c2[nH]c(=O)c(C(=O)c3cccc(S(=O)(=O)O)c3)c3c2c1C(=O)c1ccccc1-3. The average molecular weight is 527 g/mol. The number of aromatic nitrogens is 1. The smallest absolute Gasteiger partial charge is 0.296 e. The number of anilines is 1. The van der Waals surface area contributed by atoms with E-state index in [0.29, 0.717) is 0 Å². The zero-order chi connectivity index (χ0) is 26.2. The first kappa shape index (κ1) is 23.6. The van der Waals surface area contributed by atoms with Crippen LogP contribution in [0, 0.1) is 0 Å². The number of hydrogen-bond donors (Lipinski definition) is 4. The Morgan fingerprint density at radius 2 is 1.50 bits per heavy atom. The normalized spacial score (nSPS) is 13.0. The van der Waals surface area contributed by atoms with Gasteiger partial charge < -0.3 is 10.7 Å². The van der Waals surface area contributed by atoms with Gasteiger partial charge in [-0.3, -0.25) is 23.5 Å². The fourth-order valence-electron chi connectivity index (χ4n) is 4.38. The first-order valence-electron chi connectivity index (χ1n) is 10.1. The molecule has 0 saturated carbocycles. The summed E-state index contributed by atoms with van der Waals surface area (Å²) in [5.41, 5.74) is 3.35. The molecule has 0 bridgehead atoms. The van der Waals surface area contributed by atoms with Crippen molar-refractivity contribution in [3.8, 4) is 11.1 Å². The first-order chi connectivity index (χ1) is 16.8. The van der Waals surface area contributed by atoms with E-state index in [2.05, 4.69) is 4.98 Å². The van der Waals surface area contributed by atoms with Gasteiger partial charge in [0.2, 0.25) is 0 Å². The predicted octanol–water partition coefficient (Wildman–Crippen LogP) is 2.05. The van der Waals surface area contributed by atoms with Gasteiger partial charge in [0, 0.05) is 27.8 Å². The second kappa shape index (κ2) is 7.66. The summed E-state index contributed by atoms with van der Waals surface area (Å²) in [6.45, 7) is 0. The van der Waals surface area contributed by atoms with Crippen LogP contribution in [0.2, 0.25) is 0 Å². The van der Waals surface area contributed by atoms with Crippen molar-refractivity contribution in [1.29, 1.82) is 0 Å². The van der Waals surface area contributed by atoms with Crippen molar-refractivity contribution in [3.05, 3.63) is 87.2 Å². The van der Waals surface area contributed by atoms with Crippen LogP contribution >= 0.6 is 0 Å². The predicted molar refractivity (Wildman–Crippen MR) is 127 cm³/mol. The molecule has 3 aromatic carbocycles. The quantitative estimate of drug-likeness (QED) is 0.152. The lowest BCUT2D eigenvalue weighted by Gasteiger charge is -2.23. The van der Waals surface area contributed by atoms with Gasteiger partial charge in [-0.2, -0.15) is 16.8 Å². The first-order valence-corrected chi connectivity index (χ1v) is 12.9. The molecule has 4 aromatic rings. The molecular formula is C23H14N2O9S2. The number of carbonyl (C=O) groups excluding carboxylic acids is 2. The lowest BCUT2D eigenvalue weighted by Crippen LogP contribution is -2.25. The summed E-state index contributed by atoms with van der Waals surface area (Å²) < 4.78 is 66.4. The largest absolute Gasteiger partial charge is 0.398 e. The molecule has 1 heterocycles. The molecule has 1 aliphatic rings. The maximum Gasteiger partial charge on any atom is 0.296 e. The number of fused-ring (bicyclic) bond motifs is 2. The third kappa shape index (κ3) is 3.45. The van der Waals surface area contributed by atoms with Crippen LogP contribution in [0.15, 0.2) is 69.2 Å². The number of nitrogen functional groups attached to an aromatic ring is 1. The minimum atomic E-state index is -4.93. The van der Waals surface area contributed by atoms with Crippen molar-refractivity contribution in [1.82, 2.24) is 4.98 Å². The van der Waals surface area contributed by atoms with Gasteiger partial charge in [-0.1, -0.05) is 36.4 Å². The van der Waals surface area contributed by atoms with E-state index < -0.39 is 58.2 Å². The van der Waals surface area contributed by atoms with Gasteiger partial charge in [-0.05, 0) is 23.8 Å². The van der Waals surface area contributed by atoms with Crippen molar-refractivity contribution in [2.75, 3.05) is 5.73 Å². The molecule has 5 rings (SSSR count). The van der Waals surface area contributed by atoms with E-state index in [4.69, 9.17) is 5.73 Å². The Bertz CT molecular complexity index is 1960. The summed E-state index contributed by atoms with van der Waals surface area (Å²) in [4.78, 5) is 41.1. The summed E-state index contributed by atoms with van der Waals surface area (Å²) in [6.07, 6.45) is 0. The third-order valence-electron chi connectivity index (χ3n) is 5.85. The van der Waals surface area contributed by atoms with Crippen LogP contribution in [0.25, 0.3) is 22.0 Å². The maximum absolute atomic E-state index is 13.6. The molecule has 13 heteroatoms. The van der Waals surface area contributed by atoms with Crippen LogP contribution in [-0.2, 0) is 20.2 Å². The third-order valence-corrected chi connectivity index (χ3v) is 7.58. The minimum Gasteiger partial charge on any atom is -0.398 e. The molecule has 0 unspecified atom stereocenters. The lowest BCUT2D eigenvalue weighted by molar-refractivity contribution is 0.102. The number of nitrogens with one attached hydrogen (secondary N) is 1. The molecular weight excluding hydrogens is 512 g/mol. The van der Waals surface area contributed by atoms with Crippen LogP contribution < -0.4 is 11.3 Å². The van der Waals surface area contributed by atoms with E-state index in [9.17, 15) is 40.3 Å². The van der Waals surface area contributed by atoms with Crippen LogP contribution in [0.3, 0.4) is 0 Å². The number of aromatic amines is 1. The van der Waals surface area contributed by atoms with E-state index in [0.717, 1.165) is 18.2 Å². The molecule has 0 amide bonds. The Hall–Kier alpha value is -4.17. The fourth-order valence-corrected chi connectivity index (χ4v) is 5.59. The highest BCUT2D eigenvalue weighted by Crippen LogP contribution is 2.44. The number of ketones is 2. The zero-order valence-electron chi connectivity index (χ0n) is 17.8. The highest BCUT2D eigenvalue weighted by atomic mass is 32.2. The lowest BCUT2D eigenvalue weighted by atomic mass is 9.80. The van der Waals surface area contributed by atoms with Crippen molar-refractivity contribution in [2.24, 2.45) is 0 Å². The van der Waals surface area contributed by atoms with E-state index in [1.807, 2.05) is 0 Å². The number of rotatable bonds is 4. The van der Waals surface area contributed by atoms with Gasteiger partial charge in [-0.25, -0.2) is 0 Å². The molecule has 1 aliphatic carbocycles. The van der Waals surface area contributed by atoms with Gasteiger partial charge in [0.15, 0.2) is 11.6 Å². The number of hydrogen-bond acceptors (Lipinski definition) is 8. The number of nitrogens with two attached hydrogens (primary N) is 1. The molecule has 11 nitrogen and oxygen atoms in total. The topological polar surface area (TPSA) is 202 Å². The second-order valence-electron chi connectivity index (χ2n) is 7.97. The van der Waals surface area contributed by atoms with Crippen molar-refractivity contribution in [2.45, 2.75) is 9.79 Å². The maximum atomic E-state index is 13.6. The van der Waals surface area contributed by atoms with E-state index in [-0.39, 0.29) is 38.9 Å². The van der Waals surface area contributed by atoms with Crippen molar-refractivity contribution in [3.63, 3.8) is 0 Å². The zero-order valence-corrected chi connectivity index (χ0v) is 19.5. The van der Waals surface area contributed by atoms with Crippen LogP contribution in [0.1, 0.15) is 31.8 Å². The van der Waals surface area contributed by atoms with Gasteiger partial charge >= 0.3 is 0 Å². The van der Waals surface area contributed by atoms with E-state index >= 15 is 0 Å². The average Bonchev–Trinajstić information content (AvgIpc) is 2.81. The number of pyridine rings is 1. The summed E-state index contributed by atoms with van der Waals surface area (Å²) in [6, 6.07) is 11.1. The summed E-state index contributed by atoms with van der Waals surface area (Å²) >= 11 is 0. The highest BCUT2D eigenvalue weighted by molar-refractivity contribution is 7.86. The molecule has 0 radical (unpaired) electrons. The highest BCUT2D eigenvalue weighted by Gasteiger charge is 2.35. The number of carbonyl (C=O) groups is 2. The van der Waals surface area contributed by atoms with Gasteiger partial charge in [0.25, 0.3) is 25.8 Å². The van der Waals surface area contributed by atoms with Gasteiger partial charge in [0.05, 0.1) is 21.5 Å². The van der Waals surface area contributed by atoms with Crippen molar-refractivity contribution >= 4 is 48.4 Å².